The Kier molecular flexibility index (Phi) is 3.72. The number of nitrogens with zero attached hydrogens (tertiary/aromatic N) is 1. The van der Waals surface area contributed by atoms with E-state index in [1.54, 1.807) is 6.20 Å². The van der Waals surface area contributed by atoms with E-state index in [0.717, 1.165) is 17.2 Å². The van der Waals surface area contributed by atoms with Gasteiger partial charge in [-0.05, 0) is 54.0 Å². The number of rotatable bonds is 3. The number of aryl methyl sites for hydroxylation is 1. The van der Waals surface area contributed by atoms with E-state index in [1.165, 1.54) is 24.0 Å². The van der Waals surface area contributed by atoms with Crippen molar-refractivity contribution < 1.29 is 4.74 Å². The Morgan fingerprint density at radius 1 is 1.25 bits per heavy atom. The van der Waals surface area contributed by atoms with Crippen LogP contribution in [-0.4, -0.2) is 4.98 Å². The maximum Gasteiger partial charge on any atom is 0.120 e. The molecule has 2 nitrogen and oxygen atoms in total. The van der Waals surface area contributed by atoms with Crippen LogP contribution in [0.15, 0.2) is 42.7 Å². The van der Waals surface area contributed by atoms with Crippen LogP contribution in [0.3, 0.4) is 0 Å². The molecule has 104 valence electrons. The lowest BCUT2D eigenvalue weighted by atomic mass is 9.77. The molecule has 1 aromatic heterocycles. The van der Waals surface area contributed by atoms with Crippen LogP contribution in [0.4, 0.5) is 0 Å². The van der Waals surface area contributed by atoms with Crippen molar-refractivity contribution in [2.24, 2.45) is 5.92 Å². The highest BCUT2D eigenvalue weighted by molar-refractivity contribution is 5.39. The Hall–Kier alpha value is -1.83. The number of aromatic nitrogens is 1. The second kappa shape index (κ2) is 5.66. The van der Waals surface area contributed by atoms with Gasteiger partial charge in [0.1, 0.15) is 12.4 Å². The third-order valence-corrected chi connectivity index (χ3v) is 4.46. The molecule has 0 saturated carbocycles. The molecule has 0 spiro atoms. The lowest BCUT2D eigenvalue weighted by molar-refractivity contribution is 0.304. The van der Waals surface area contributed by atoms with E-state index >= 15 is 0 Å². The third-order valence-electron chi connectivity index (χ3n) is 4.46. The highest BCUT2D eigenvalue weighted by Gasteiger charge is 2.22. The van der Waals surface area contributed by atoms with Crippen LogP contribution in [0, 0.1) is 5.92 Å². The summed E-state index contributed by atoms with van der Waals surface area (Å²) in [5.74, 6) is 2.41. The fourth-order valence-electron chi connectivity index (χ4n) is 2.92. The molecule has 2 aromatic rings. The number of benzene rings is 1. The van der Waals surface area contributed by atoms with Crippen LogP contribution < -0.4 is 4.74 Å². The fourth-order valence-corrected chi connectivity index (χ4v) is 2.92. The average molecular weight is 267 g/mol. The summed E-state index contributed by atoms with van der Waals surface area (Å²) < 4.78 is 5.88. The first-order chi connectivity index (χ1) is 9.74. The minimum Gasteiger partial charge on any atom is -0.489 e. The first kappa shape index (κ1) is 13.2. The molecule has 2 heteroatoms. The van der Waals surface area contributed by atoms with Crippen LogP contribution in [-0.2, 0) is 13.0 Å². The minimum absolute atomic E-state index is 0.582. The Morgan fingerprint density at radius 3 is 2.95 bits per heavy atom. The number of pyridine rings is 1. The van der Waals surface area contributed by atoms with Crippen LogP contribution in [0.5, 0.6) is 5.75 Å². The molecule has 3 rings (SSSR count). The molecule has 0 radical (unpaired) electrons. The van der Waals surface area contributed by atoms with E-state index in [0.29, 0.717) is 12.5 Å². The van der Waals surface area contributed by atoms with Gasteiger partial charge in [0.2, 0.25) is 0 Å². The summed E-state index contributed by atoms with van der Waals surface area (Å²) >= 11 is 0. The summed E-state index contributed by atoms with van der Waals surface area (Å²) in [7, 11) is 0. The van der Waals surface area contributed by atoms with Crippen molar-refractivity contribution >= 4 is 0 Å². The SMILES string of the molecule is CC1CCc2cc(OCc3cccnc3)ccc2C1C. The standard InChI is InChI=1S/C18H21NO/c1-13-5-6-16-10-17(7-8-18(16)14(13)2)20-12-15-4-3-9-19-11-15/h3-4,7-11,13-14H,5-6,12H2,1-2H3. The highest BCUT2D eigenvalue weighted by atomic mass is 16.5. The van der Waals surface area contributed by atoms with Crippen molar-refractivity contribution in [3.05, 3.63) is 59.4 Å². The van der Waals surface area contributed by atoms with Gasteiger partial charge < -0.3 is 4.74 Å². The van der Waals surface area contributed by atoms with Crippen LogP contribution in [0.2, 0.25) is 0 Å². The number of hydrogen-bond acceptors (Lipinski definition) is 2. The molecule has 0 aliphatic heterocycles. The van der Waals surface area contributed by atoms with E-state index in [2.05, 4.69) is 37.0 Å². The van der Waals surface area contributed by atoms with Gasteiger partial charge in [0.15, 0.2) is 0 Å². The van der Waals surface area contributed by atoms with Crippen molar-refractivity contribution in [2.45, 2.75) is 39.2 Å². The molecule has 0 bridgehead atoms. The molecule has 1 aliphatic carbocycles. The van der Waals surface area contributed by atoms with Crippen molar-refractivity contribution in [2.75, 3.05) is 0 Å². The Morgan fingerprint density at radius 2 is 2.15 bits per heavy atom. The van der Waals surface area contributed by atoms with Gasteiger partial charge in [-0.1, -0.05) is 26.0 Å². The zero-order valence-electron chi connectivity index (χ0n) is 12.2. The Bertz CT molecular complexity index is 579. The van der Waals surface area contributed by atoms with Crippen LogP contribution in [0.25, 0.3) is 0 Å². The van der Waals surface area contributed by atoms with E-state index in [9.17, 15) is 0 Å². The predicted octanol–water partition coefficient (Wildman–Crippen LogP) is 4.35. The topological polar surface area (TPSA) is 22.1 Å². The van der Waals surface area contributed by atoms with Gasteiger partial charge in [0.05, 0.1) is 0 Å². The molecule has 2 unspecified atom stereocenters. The van der Waals surface area contributed by atoms with Gasteiger partial charge in [0, 0.05) is 18.0 Å². The predicted molar refractivity (Wildman–Crippen MR) is 80.9 cm³/mol. The molecule has 0 saturated heterocycles. The molecule has 0 N–H and O–H groups in total. The number of fused-ring (bicyclic) bond motifs is 1. The molecular weight excluding hydrogens is 246 g/mol. The monoisotopic (exact) mass is 267 g/mol. The van der Waals surface area contributed by atoms with Gasteiger partial charge in [-0.15, -0.1) is 0 Å². The molecular formula is C18H21NO. The van der Waals surface area contributed by atoms with Gasteiger partial charge >= 0.3 is 0 Å². The summed E-state index contributed by atoms with van der Waals surface area (Å²) in [6.07, 6.45) is 6.08. The second-order valence-electron chi connectivity index (χ2n) is 5.82. The number of ether oxygens (including phenoxy) is 1. The van der Waals surface area contributed by atoms with Gasteiger partial charge in [0.25, 0.3) is 0 Å². The first-order valence-electron chi connectivity index (χ1n) is 7.38. The minimum atomic E-state index is 0.582. The molecule has 0 fully saturated rings. The molecule has 1 aromatic carbocycles. The lowest BCUT2D eigenvalue weighted by Gasteiger charge is -2.28. The van der Waals surface area contributed by atoms with Crippen molar-refractivity contribution in [1.29, 1.82) is 0 Å². The van der Waals surface area contributed by atoms with Crippen LogP contribution >= 0.6 is 0 Å². The molecule has 0 amide bonds. The molecule has 1 heterocycles. The van der Waals surface area contributed by atoms with E-state index in [1.807, 2.05) is 18.3 Å². The third kappa shape index (κ3) is 2.69. The summed E-state index contributed by atoms with van der Waals surface area (Å²) in [4.78, 5) is 4.11. The van der Waals surface area contributed by atoms with E-state index in [-0.39, 0.29) is 0 Å². The average Bonchev–Trinajstić information content (AvgIpc) is 2.50. The summed E-state index contributed by atoms with van der Waals surface area (Å²) in [6, 6.07) is 10.5. The number of hydrogen-bond donors (Lipinski definition) is 0. The van der Waals surface area contributed by atoms with E-state index in [4.69, 9.17) is 4.74 Å². The summed E-state index contributed by atoms with van der Waals surface area (Å²) in [6.45, 7) is 5.26. The zero-order valence-corrected chi connectivity index (χ0v) is 12.2. The van der Waals surface area contributed by atoms with Gasteiger partial charge in [-0.3, -0.25) is 4.98 Å². The van der Waals surface area contributed by atoms with E-state index < -0.39 is 0 Å². The maximum absolute atomic E-state index is 5.88. The Balaban J connectivity index is 1.73. The van der Waals surface area contributed by atoms with Crippen LogP contribution in [0.1, 0.15) is 42.9 Å². The van der Waals surface area contributed by atoms with Gasteiger partial charge in [-0.25, -0.2) is 0 Å². The van der Waals surface area contributed by atoms with Crippen molar-refractivity contribution in [1.82, 2.24) is 4.98 Å². The normalized spacial score (nSPS) is 21.3. The summed E-state index contributed by atoms with van der Waals surface area (Å²) in [5.41, 5.74) is 4.06. The maximum atomic E-state index is 5.88. The summed E-state index contributed by atoms with van der Waals surface area (Å²) in [5, 5.41) is 0. The van der Waals surface area contributed by atoms with Gasteiger partial charge in [-0.2, -0.15) is 0 Å². The fraction of sp³-hybridized carbons (Fsp3) is 0.389. The molecule has 20 heavy (non-hydrogen) atoms. The largest absolute Gasteiger partial charge is 0.489 e. The molecule has 1 aliphatic rings. The highest BCUT2D eigenvalue weighted by Crippen LogP contribution is 2.37. The second-order valence-corrected chi connectivity index (χ2v) is 5.82. The first-order valence-corrected chi connectivity index (χ1v) is 7.38. The quantitative estimate of drug-likeness (QED) is 0.825. The van der Waals surface area contributed by atoms with Crippen molar-refractivity contribution in [3.63, 3.8) is 0 Å². The van der Waals surface area contributed by atoms with Crippen molar-refractivity contribution in [3.8, 4) is 5.75 Å². The smallest absolute Gasteiger partial charge is 0.120 e. The Labute approximate surface area is 120 Å². The molecule has 2 atom stereocenters. The lowest BCUT2D eigenvalue weighted by Crippen LogP contribution is -2.15. The zero-order chi connectivity index (χ0) is 13.9.